The summed E-state index contributed by atoms with van der Waals surface area (Å²) in [5.41, 5.74) is 4.50. The fourth-order valence-electron chi connectivity index (χ4n) is 2.16. The number of Topliss-reactive ketones (excluding diaryl/α,β-unsaturated/α-hetero) is 1. The van der Waals surface area contributed by atoms with Crippen LogP contribution in [-0.4, -0.2) is 55.7 Å². The fourth-order valence-corrected chi connectivity index (χ4v) is 2.16. The monoisotopic (exact) mass is 328 g/mol. The van der Waals surface area contributed by atoms with Crippen LogP contribution in [0.15, 0.2) is 0 Å². The van der Waals surface area contributed by atoms with Gasteiger partial charge in [-0.1, -0.05) is 20.8 Å². The molecule has 0 saturated carbocycles. The van der Waals surface area contributed by atoms with Crippen LogP contribution in [0.3, 0.4) is 0 Å². The van der Waals surface area contributed by atoms with Gasteiger partial charge in [-0.3, -0.25) is 9.59 Å². The summed E-state index contributed by atoms with van der Waals surface area (Å²) < 4.78 is 4.70. The van der Waals surface area contributed by atoms with Crippen LogP contribution in [0.1, 0.15) is 52.9 Å². The van der Waals surface area contributed by atoms with Gasteiger partial charge in [-0.15, -0.1) is 0 Å². The van der Waals surface area contributed by atoms with Crippen molar-refractivity contribution in [3.05, 3.63) is 0 Å². The van der Waals surface area contributed by atoms with Gasteiger partial charge in [0.2, 0.25) is 5.78 Å². The van der Waals surface area contributed by atoms with Gasteiger partial charge in [0.1, 0.15) is 6.29 Å². The van der Waals surface area contributed by atoms with Crippen LogP contribution >= 0.6 is 0 Å². The number of piperidine rings is 1. The molecular weight excluding hydrogens is 296 g/mol. The number of likely N-dealkylation sites (tertiary alicyclic amines) is 1. The number of hydrogen-bond donors (Lipinski definition) is 1. The van der Waals surface area contributed by atoms with Gasteiger partial charge in [0.15, 0.2) is 0 Å². The smallest absolute Gasteiger partial charge is 0.291 e. The second-order valence-electron chi connectivity index (χ2n) is 6.40. The highest BCUT2D eigenvalue weighted by Gasteiger charge is 2.37. The lowest BCUT2D eigenvalue weighted by Gasteiger charge is -2.33. The van der Waals surface area contributed by atoms with Crippen molar-refractivity contribution in [2.75, 3.05) is 26.8 Å². The molecular formula is C17H32N2O4. The van der Waals surface area contributed by atoms with Gasteiger partial charge < -0.3 is 20.2 Å². The maximum absolute atomic E-state index is 12.1. The van der Waals surface area contributed by atoms with E-state index in [4.69, 9.17) is 10.5 Å². The van der Waals surface area contributed by atoms with Crippen LogP contribution in [0, 0.1) is 5.41 Å². The Hall–Kier alpha value is -1.27. The Kier molecular flexibility index (Phi) is 10.7. The van der Waals surface area contributed by atoms with Crippen molar-refractivity contribution in [2.24, 2.45) is 11.1 Å². The molecule has 0 aromatic carbocycles. The Bertz CT molecular complexity index is 379. The summed E-state index contributed by atoms with van der Waals surface area (Å²) in [6.07, 6.45) is 4.86. The lowest BCUT2D eigenvalue weighted by molar-refractivity contribution is -0.152. The number of nitrogens with two attached hydrogens (primary N) is 1. The van der Waals surface area contributed by atoms with Crippen LogP contribution in [0.25, 0.3) is 0 Å². The lowest BCUT2D eigenvalue weighted by atomic mass is 9.84. The van der Waals surface area contributed by atoms with Gasteiger partial charge >= 0.3 is 0 Å². The second kappa shape index (κ2) is 11.3. The molecule has 0 aromatic heterocycles. The van der Waals surface area contributed by atoms with Crippen LogP contribution < -0.4 is 5.73 Å². The van der Waals surface area contributed by atoms with E-state index in [0.29, 0.717) is 19.4 Å². The van der Waals surface area contributed by atoms with Gasteiger partial charge in [-0.05, 0) is 38.6 Å². The van der Waals surface area contributed by atoms with Crippen LogP contribution in [0.2, 0.25) is 0 Å². The van der Waals surface area contributed by atoms with Crippen molar-refractivity contribution in [1.29, 1.82) is 0 Å². The number of methoxy groups -OCH3 is 1. The molecule has 0 aromatic rings. The number of hydrogen-bond acceptors (Lipinski definition) is 5. The maximum atomic E-state index is 12.1. The molecule has 6 nitrogen and oxygen atoms in total. The minimum Gasteiger partial charge on any atom is -0.385 e. The Morgan fingerprint density at radius 2 is 2.00 bits per heavy atom. The lowest BCUT2D eigenvalue weighted by Crippen LogP contribution is -2.50. The van der Waals surface area contributed by atoms with Crippen LogP contribution in [0.5, 0.6) is 0 Å². The van der Waals surface area contributed by atoms with Gasteiger partial charge in [0, 0.05) is 25.7 Å². The number of aldehydes is 1. The van der Waals surface area contributed by atoms with Crippen molar-refractivity contribution in [2.45, 2.75) is 58.9 Å². The zero-order valence-electron chi connectivity index (χ0n) is 15.0. The number of ether oxygens (including phenoxy) is 1. The topological polar surface area (TPSA) is 89.7 Å². The highest BCUT2D eigenvalue weighted by molar-refractivity contribution is 6.38. The van der Waals surface area contributed by atoms with Crippen molar-refractivity contribution in [3.63, 3.8) is 0 Å². The Morgan fingerprint density at radius 3 is 2.43 bits per heavy atom. The molecule has 23 heavy (non-hydrogen) atoms. The normalized spacial score (nSPS) is 18.0. The van der Waals surface area contributed by atoms with E-state index in [-0.39, 0.29) is 5.78 Å². The zero-order chi connectivity index (χ0) is 17.9. The van der Waals surface area contributed by atoms with E-state index >= 15 is 0 Å². The van der Waals surface area contributed by atoms with Crippen molar-refractivity contribution >= 4 is 18.0 Å². The first-order valence-electron chi connectivity index (χ1n) is 8.35. The molecule has 1 fully saturated rings. The third kappa shape index (κ3) is 7.22. The summed E-state index contributed by atoms with van der Waals surface area (Å²) >= 11 is 0. The summed E-state index contributed by atoms with van der Waals surface area (Å²) in [7, 11) is 1.68. The van der Waals surface area contributed by atoms with Crippen molar-refractivity contribution in [1.82, 2.24) is 4.90 Å². The molecule has 0 unspecified atom stereocenters. The average molecular weight is 328 g/mol. The average Bonchev–Trinajstić information content (AvgIpc) is 2.58. The molecule has 1 aliphatic heterocycles. The van der Waals surface area contributed by atoms with Crippen LogP contribution in [0.4, 0.5) is 0 Å². The number of carbonyl (C=O) groups excluding carboxylic acids is 3. The summed E-state index contributed by atoms with van der Waals surface area (Å²) in [6.45, 7) is 7.47. The van der Waals surface area contributed by atoms with Gasteiger partial charge in [-0.25, -0.2) is 0 Å². The minimum atomic E-state index is -0.637. The standard InChI is InChI=1S/C13H21NO3.C4H11NO/c1-4-13(2,3)11(16)12(17)14-8-6-5-7-10(14)9-15;1-6-4-2-3-5/h9-10H,4-8H2,1-3H3;2-5H2,1H3/t10-;/m1./s1. The molecule has 0 radical (unpaired) electrons. The number of rotatable bonds is 7. The Labute approximate surface area is 139 Å². The van der Waals surface area contributed by atoms with E-state index in [0.717, 1.165) is 38.7 Å². The van der Waals surface area contributed by atoms with E-state index in [1.807, 2.05) is 6.92 Å². The van der Waals surface area contributed by atoms with Crippen molar-refractivity contribution in [3.8, 4) is 0 Å². The third-order valence-corrected chi connectivity index (χ3v) is 4.21. The van der Waals surface area contributed by atoms with E-state index in [9.17, 15) is 14.4 Å². The first kappa shape index (κ1) is 21.7. The number of carbonyl (C=O) groups is 3. The second-order valence-corrected chi connectivity index (χ2v) is 6.40. The van der Waals surface area contributed by atoms with E-state index in [1.165, 1.54) is 4.90 Å². The molecule has 1 aliphatic rings. The van der Waals surface area contributed by atoms with Gasteiger partial charge in [0.25, 0.3) is 5.91 Å². The molecule has 2 N–H and O–H groups in total. The molecule has 1 rings (SSSR count). The molecule has 1 amide bonds. The predicted octanol–water partition coefficient (Wildman–Crippen LogP) is 1.55. The molecule has 0 aliphatic carbocycles. The first-order valence-corrected chi connectivity index (χ1v) is 8.35. The molecule has 0 spiro atoms. The highest BCUT2D eigenvalue weighted by atomic mass is 16.5. The summed E-state index contributed by atoms with van der Waals surface area (Å²) in [6, 6.07) is -0.409. The number of nitrogens with zero attached hydrogens (tertiary/aromatic N) is 1. The van der Waals surface area contributed by atoms with Crippen LogP contribution in [-0.2, 0) is 19.1 Å². The van der Waals surface area contributed by atoms with Gasteiger partial charge in [0.05, 0.1) is 6.04 Å². The first-order chi connectivity index (χ1) is 10.9. The minimum absolute atomic E-state index is 0.381. The summed E-state index contributed by atoms with van der Waals surface area (Å²) in [5.74, 6) is -0.873. The summed E-state index contributed by atoms with van der Waals surface area (Å²) in [5, 5.41) is 0. The molecule has 1 saturated heterocycles. The SMILES string of the molecule is CCC(C)(C)C(=O)C(=O)N1CCCC[C@@H]1C=O.COCCCN. The quantitative estimate of drug-likeness (QED) is 0.435. The van der Waals surface area contributed by atoms with E-state index in [1.54, 1.807) is 21.0 Å². The third-order valence-electron chi connectivity index (χ3n) is 4.21. The predicted molar refractivity (Wildman–Crippen MR) is 90.0 cm³/mol. The van der Waals surface area contributed by atoms with Crippen molar-refractivity contribution < 1.29 is 19.1 Å². The Morgan fingerprint density at radius 1 is 1.35 bits per heavy atom. The maximum Gasteiger partial charge on any atom is 0.291 e. The number of ketones is 1. The molecule has 1 atom stereocenters. The number of amides is 1. The molecule has 0 bridgehead atoms. The fraction of sp³-hybridized carbons (Fsp3) is 0.824. The van der Waals surface area contributed by atoms with E-state index < -0.39 is 17.4 Å². The van der Waals surface area contributed by atoms with E-state index in [2.05, 4.69) is 0 Å². The Balaban J connectivity index is 0.000000688. The highest BCUT2D eigenvalue weighted by Crippen LogP contribution is 2.24. The zero-order valence-corrected chi connectivity index (χ0v) is 15.0. The molecule has 6 heteroatoms. The molecule has 1 heterocycles. The summed E-state index contributed by atoms with van der Waals surface area (Å²) in [4.78, 5) is 36.5. The van der Waals surface area contributed by atoms with Gasteiger partial charge in [-0.2, -0.15) is 0 Å². The largest absolute Gasteiger partial charge is 0.385 e. The molecule has 134 valence electrons.